The number of rotatable bonds is 6. The molecule has 0 aliphatic carbocycles. The average molecular weight is 285 g/mol. The van der Waals surface area contributed by atoms with Gasteiger partial charge in [0.05, 0.1) is 6.42 Å². The van der Waals surface area contributed by atoms with Crippen molar-refractivity contribution in [2.45, 2.75) is 32.2 Å². The molecule has 0 spiro atoms. The van der Waals surface area contributed by atoms with Gasteiger partial charge in [0.2, 0.25) is 5.91 Å². The normalized spacial score (nSPS) is 11.9. The Morgan fingerprint density at radius 1 is 1.10 bits per heavy atom. The molecule has 1 amide bonds. The summed E-state index contributed by atoms with van der Waals surface area (Å²) in [6, 6.07) is 16.6. The number of aryl methyl sites for hydroxylation is 1. The Balaban J connectivity index is 1.78. The molecule has 1 N–H and O–H groups in total. The average Bonchev–Trinajstić information content (AvgIpc) is 2.48. The van der Waals surface area contributed by atoms with E-state index in [0.717, 1.165) is 12.8 Å². The van der Waals surface area contributed by atoms with Gasteiger partial charge in [0, 0.05) is 6.04 Å². The molecule has 0 aromatic heterocycles. The Morgan fingerprint density at radius 3 is 2.48 bits per heavy atom. The predicted molar refractivity (Wildman–Crippen MR) is 82.5 cm³/mol. The summed E-state index contributed by atoms with van der Waals surface area (Å²) in [6.07, 6.45) is 1.87. The topological polar surface area (TPSA) is 29.1 Å². The van der Waals surface area contributed by atoms with Crippen LogP contribution in [0.5, 0.6) is 0 Å². The van der Waals surface area contributed by atoms with Crippen molar-refractivity contribution in [1.29, 1.82) is 0 Å². The second-order valence-electron chi connectivity index (χ2n) is 5.26. The quantitative estimate of drug-likeness (QED) is 0.864. The fraction of sp³-hybridized carbons (Fsp3) is 0.278. The third-order valence-corrected chi connectivity index (χ3v) is 3.43. The van der Waals surface area contributed by atoms with E-state index in [1.165, 1.54) is 11.6 Å². The SMILES string of the molecule is CC(CCc1ccccc1)NC(=O)Cc1ccccc1F. The molecule has 2 rings (SSSR count). The lowest BCUT2D eigenvalue weighted by molar-refractivity contribution is -0.121. The van der Waals surface area contributed by atoms with E-state index in [-0.39, 0.29) is 24.2 Å². The van der Waals surface area contributed by atoms with Crippen LogP contribution in [0, 0.1) is 5.82 Å². The van der Waals surface area contributed by atoms with Gasteiger partial charge in [0.1, 0.15) is 5.82 Å². The molecule has 0 heterocycles. The summed E-state index contributed by atoms with van der Waals surface area (Å²) in [5.41, 5.74) is 1.69. The number of halogens is 1. The molecule has 110 valence electrons. The van der Waals surface area contributed by atoms with Gasteiger partial charge in [-0.1, -0.05) is 48.5 Å². The number of hydrogen-bond donors (Lipinski definition) is 1. The molecule has 1 unspecified atom stereocenters. The molecule has 0 saturated heterocycles. The molecule has 1 atom stereocenters. The zero-order valence-corrected chi connectivity index (χ0v) is 12.2. The molecular weight excluding hydrogens is 265 g/mol. The van der Waals surface area contributed by atoms with Crippen LogP contribution in [0.4, 0.5) is 4.39 Å². The zero-order valence-electron chi connectivity index (χ0n) is 12.2. The number of nitrogens with one attached hydrogen (secondary N) is 1. The monoisotopic (exact) mass is 285 g/mol. The highest BCUT2D eigenvalue weighted by Crippen LogP contribution is 2.08. The maximum absolute atomic E-state index is 13.5. The van der Waals surface area contributed by atoms with Crippen molar-refractivity contribution < 1.29 is 9.18 Å². The lowest BCUT2D eigenvalue weighted by Gasteiger charge is -2.14. The third kappa shape index (κ3) is 5.03. The minimum atomic E-state index is -0.329. The summed E-state index contributed by atoms with van der Waals surface area (Å²) >= 11 is 0. The van der Waals surface area contributed by atoms with Crippen molar-refractivity contribution in [2.75, 3.05) is 0 Å². The Labute approximate surface area is 125 Å². The molecule has 3 heteroatoms. The minimum Gasteiger partial charge on any atom is -0.353 e. The molecule has 0 aliphatic heterocycles. The summed E-state index contributed by atoms with van der Waals surface area (Å²) < 4.78 is 13.5. The standard InChI is InChI=1S/C18H20FNO/c1-14(11-12-15-7-3-2-4-8-15)20-18(21)13-16-9-5-6-10-17(16)19/h2-10,14H,11-13H2,1H3,(H,20,21). The van der Waals surface area contributed by atoms with Crippen LogP contribution in [-0.2, 0) is 17.6 Å². The number of amides is 1. The summed E-state index contributed by atoms with van der Waals surface area (Å²) in [7, 11) is 0. The van der Waals surface area contributed by atoms with Gasteiger partial charge in [-0.25, -0.2) is 4.39 Å². The van der Waals surface area contributed by atoms with E-state index >= 15 is 0 Å². The van der Waals surface area contributed by atoms with E-state index in [2.05, 4.69) is 17.4 Å². The molecule has 0 saturated carbocycles. The molecule has 2 aromatic carbocycles. The van der Waals surface area contributed by atoms with Crippen molar-refractivity contribution in [3.8, 4) is 0 Å². The minimum absolute atomic E-state index is 0.0736. The van der Waals surface area contributed by atoms with E-state index < -0.39 is 0 Å². The van der Waals surface area contributed by atoms with Gasteiger partial charge in [-0.3, -0.25) is 4.79 Å². The van der Waals surface area contributed by atoms with Crippen LogP contribution in [0.15, 0.2) is 54.6 Å². The summed E-state index contributed by atoms with van der Waals surface area (Å²) in [5, 5.41) is 2.92. The van der Waals surface area contributed by atoms with Gasteiger partial charge in [-0.2, -0.15) is 0 Å². The maximum atomic E-state index is 13.5. The lowest BCUT2D eigenvalue weighted by Crippen LogP contribution is -2.34. The highest BCUT2D eigenvalue weighted by Gasteiger charge is 2.10. The molecule has 21 heavy (non-hydrogen) atoms. The van der Waals surface area contributed by atoms with Gasteiger partial charge in [-0.15, -0.1) is 0 Å². The molecule has 0 radical (unpaired) electrons. The molecule has 0 bridgehead atoms. The third-order valence-electron chi connectivity index (χ3n) is 3.43. The Bertz CT molecular complexity index is 583. The second-order valence-corrected chi connectivity index (χ2v) is 5.26. The van der Waals surface area contributed by atoms with Gasteiger partial charge in [0.15, 0.2) is 0 Å². The zero-order chi connectivity index (χ0) is 15.1. The first-order valence-electron chi connectivity index (χ1n) is 7.22. The van der Waals surface area contributed by atoms with Crippen molar-refractivity contribution in [1.82, 2.24) is 5.32 Å². The Morgan fingerprint density at radius 2 is 1.76 bits per heavy atom. The maximum Gasteiger partial charge on any atom is 0.224 e. The summed E-state index contributed by atoms with van der Waals surface area (Å²) in [5.74, 6) is -0.467. The molecule has 2 aromatic rings. The Kier molecular flexibility index (Phi) is 5.50. The van der Waals surface area contributed by atoms with Gasteiger partial charge in [-0.05, 0) is 37.0 Å². The van der Waals surface area contributed by atoms with Gasteiger partial charge >= 0.3 is 0 Å². The van der Waals surface area contributed by atoms with Crippen molar-refractivity contribution in [3.05, 3.63) is 71.5 Å². The molecule has 0 fully saturated rings. The number of benzene rings is 2. The lowest BCUT2D eigenvalue weighted by atomic mass is 10.1. The van der Waals surface area contributed by atoms with E-state index in [9.17, 15) is 9.18 Å². The predicted octanol–water partition coefficient (Wildman–Crippen LogP) is 3.51. The first-order chi connectivity index (χ1) is 10.1. The fourth-order valence-corrected chi connectivity index (χ4v) is 2.24. The molecule has 0 aliphatic rings. The van der Waals surface area contributed by atoms with Crippen LogP contribution in [0.2, 0.25) is 0 Å². The largest absolute Gasteiger partial charge is 0.353 e. The van der Waals surface area contributed by atoms with Crippen LogP contribution >= 0.6 is 0 Å². The smallest absolute Gasteiger partial charge is 0.224 e. The second kappa shape index (κ2) is 7.58. The van der Waals surface area contributed by atoms with Crippen LogP contribution in [-0.4, -0.2) is 11.9 Å². The van der Waals surface area contributed by atoms with Crippen LogP contribution in [0.3, 0.4) is 0 Å². The number of hydrogen-bond acceptors (Lipinski definition) is 1. The first kappa shape index (κ1) is 15.2. The first-order valence-corrected chi connectivity index (χ1v) is 7.22. The van der Waals surface area contributed by atoms with E-state index in [4.69, 9.17) is 0 Å². The van der Waals surface area contributed by atoms with Crippen LogP contribution in [0.25, 0.3) is 0 Å². The highest BCUT2D eigenvalue weighted by molar-refractivity contribution is 5.78. The summed E-state index contributed by atoms with van der Waals surface area (Å²) in [4.78, 5) is 11.9. The summed E-state index contributed by atoms with van der Waals surface area (Å²) in [6.45, 7) is 1.97. The van der Waals surface area contributed by atoms with Crippen molar-refractivity contribution in [2.24, 2.45) is 0 Å². The van der Waals surface area contributed by atoms with Crippen LogP contribution < -0.4 is 5.32 Å². The molecule has 2 nitrogen and oxygen atoms in total. The molecular formula is C18H20FNO. The number of carbonyl (C=O) groups is 1. The van der Waals surface area contributed by atoms with Gasteiger partial charge in [0.25, 0.3) is 0 Å². The highest BCUT2D eigenvalue weighted by atomic mass is 19.1. The fourth-order valence-electron chi connectivity index (χ4n) is 2.24. The van der Waals surface area contributed by atoms with Crippen molar-refractivity contribution in [3.63, 3.8) is 0 Å². The Hall–Kier alpha value is -2.16. The van der Waals surface area contributed by atoms with Crippen LogP contribution in [0.1, 0.15) is 24.5 Å². The van der Waals surface area contributed by atoms with E-state index in [1.807, 2.05) is 25.1 Å². The van der Waals surface area contributed by atoms with E-state index in [0.29, 0.717) is 5.56 Å². The van der Waals surface area contributed by atoms with Gasteiger partial charge < -0.3 is 5.32 Å². The number of carbonyl (C=O) groups excluding carboxylic acids is 1. The van der Waals surface area contributed by atoms with Crippen molar-refractivity contribution >= 4 is 5.91 Å². The van der Waals surface area contributed by atoms with E-state index in [1.54, 1.807) is 18.2 Å².